The molecule has 0 aromatic rings. The molecule has 12 heteroatoms. The van der Waals surface area contributed by atoms with E-state index in [1.165, 1.54) is 0 Å². The maximum atomic E-state index is 12.6. The Hall–Kier alpha value is -1.22. The van der Waals surface area contributed by atoms with Crippen molar-refractivity contribution in [3.05, 3.63) is 0 Å². The third-order valence-corrected chi connectivity index (χ3v) is 5.93. The van der Waals surface area contributed by atoms with Crippen molar-refractivity contribution < 1.29 is 48.9 Å². The van der Waals surface area contributed by atoms with E-state index in [9.17, 15) is 9.59 Å². The lowest BCUT2D eigenvalue weighted by molar-refractivity contribution is -0.141. The molecule has 1 atom stereocenters. The van der Waals surface area contributed by atoms with Crippen molar-refractivity contribution in [2.24, 2.45) is 11.1 Å². The number of nitrogens with two attached hydrogens (primary N) is 1. The molecular weight excluding hydrogens is 524 g/mol. The zero-order valence-electron chi connectivity index (χ0n) is 26.0. The maximum absolute atomic E-state index is 12.6. The molecule has 1 heterocycles. The second kappa shape index (κ2) is 24.4. The molecule has 0 saturated carbocycles. The van der Waals surface area contributed by atoms with Crippen molar-refractivity contribution in [3.63, 3.8) is 0 Å². The van der Waals surface area contributed by atoms with Crippen molar-refractivity contribution in [3.8, 4) is 0 Å². The van der Waals surface area contributed by atoms with Crippen molar-refractivity contribution >= 4 is 11.7 Å². The summed E-state index contributed by atoms with van der Waals surface area (Å²) in [6, 6.07) is -0.299. The van der Waals surface area contributed by atoms with Gasteiger partial charge in [0.1, 0.15) is 1.41 Å². The van der Waals surface area contributed by atoms with Gasteiger partial charge in [-0.05, 0) is 12.8 Å². The Morgan fingerprint density at radius 1 is 0.675 bits per heavy atom. The lowest BCUT2D eigenvalue weighted by atomic mass is 9.85. The highest BCUT2D eigenvalue weighted by Gasteiger charge is 2.38. The van der Waals surface area contributed by atoms with Crippen molar-refractivity contribution in [1.82, 2.24) is 4.90 Å². The monoisotopic (exact) mass is 579 g/mol. The molecule has 0 aromatic heterocycles. The Morgan fingerprint density at radius 2 is 1.05 bits per heavy atom. The maximum Gasteiger partial charge on any atom is 0.225 e. The van der Waals surface area contributed by atoms with Crippen molar-refractivity contribution in [1.29, 1.82) is 0 Å². The number of likely N-dealkylation sites (tertiary alicyclic amines) is 1. The SMILES string of the molecule is [2H]NCCOCCOCCOCCOCCOCCOCCOCCOCCC(=O)N1CCC[C@@H]1C(=O)C(C)(C)C. The van der Waals surface area contributed by atoms with E-state index in [4.69, 9.17) is 39.3 Å². The molecule has 0 aromatic carbocycles. The first kappa shape index (κ1) is 35.0. The highest BCUT2D eigenvalue weighted by atomic mass is 16.6. The van der Waals surface area contributed by atoms with Gasteiger partial charge in [-0.3, -0.25) is 9.59 Å². The van der Waals surface area contributed by atoms with Crippen LogP contribution in [-0.4, -0.2) is 141 Å². The normalized spacial score (nSPS) is 16.0. The van der Waals surface area contributed by atoms with E-state index in [-0.39, 0.29) is 24.2 Å². The van der Waals surface area contributed by atoms with Gasteiger partial charge in [-0.1, -0.05) is 20.8 Å². The molecule has 0 bridgehead atoms. The summed E-state index contributed by atoms with van der Waals surface area (Å²) < 4.78 is 50.1. The fourth-order valence-electron chi connectivity index (χ4n) is 3.85. The van der Waals surface area contributed by atoms with Gasteiger partial charge in [0.05, 0.1) is 118 Å². The molecule has 1 saturated heterocycles. The predicted molar refractivity (Wildman–Crippen MR) is 149 cm³/mol. The Morgan fingerprint density at radius 3 is 1.43 bits per heavy atom. The molecule has 1 aliphatic rings. The minimum absolute atomic E-state index is 0.0200. The first-order valence-electron chi connectivity index (χ1n) is 15.0. The second-order valence-electron chi connectivity index (χ2n) is 10.3. The van der Waals surface area contributed by atoms with Crippen molar-refractivity contribution in [2.45, 2.75) is 46.1 Å². The quantitative estimate of drug-likeness (QED) is 0.133. The number of nitrogens with zero attached hydrogens (tertiary/aromatic N) is 1. The lowest BCUT2D eigenvalue weighted by Gasteiger charge is -2.29. The van der Waals surface area contributed by atoms with E-state index in [1.807, 2.05) is 20.8 Å². The van der Waals surface area contributed by atoms with Gasteiger partial charge in [0.15, 0.2) is 5.78 Å². The molecular formula is C28H54N2O10. The first-order chi connectivity index (χ1) is 19.9. The van der Waals surface area contributed by atoms with Gasteiger partial charge in [0.25, 0.3) is 0 Å². The summed E-state index contributed by atoms with van der Waals surface area (Å²) in [6.07, 6.45) is 1.89. The molecule has 1 rings (SSSR count). The standard InChI is InChI=1S/C28H54N2O10/c1-28(2,3)27(32)25-5-4-8-30(25)26(31)6-9-33-11-13-35-15-17-37-19-21-39-23-24-40-22-20-38-18-16-36-14-12-34-10-7-29/h25H,4-24,29H2,1-3H3/t25-/m1/s1/i/hD. The minimum Gasteiger partial charge on any atom is -0.379 e. The number of ether oxygens (including phenoxy) is 8. The topological polar surface area (TPSA) is 137 Å². The van der Waals surface area contributed by atoms with E-state index in [1.54, 1.807) is 4.90 Å². The van der Waals surface area contributed by atoms with Crippen LogP contribution in [-0.2, 0) is 47.5 Å². The predicted octanol–water partition coefficient (Wildman–Crippen LogP) is 1.07. The van der Waals surface area contributed by atoms with E-state index >= 15 is 0 Å². The van der Waals surface area contributed by atoms with Crippen LogP contribution in [0.15, 0.2) is 0 Å². The van der Waals surface area contributed by atoms with Gasteiger partial charge >= 0.3 is 0 Å². The molecule has 1 aliphatic heterocycles. The number of ketones is 1. The van der Waals surface area contributed by atoms with Crippen molar-refractivity contribution in [2.75, 3.05) is 119 Å². The summed E-state index contributed by atoms with van der Waals surface area (Å²) in [4.78, 5) is 26.9. The van der Waals surface area contributed by atoms with E-state index in [2.05, 4.69) is 5.73 Å². The first-order valence-corrected chi connectivity index (χ1v) is 14.5. The van der Waals surface area contributed by atoms with Gasteiger partial charge in [-0.25, -0.2) is 0 Å². The van der Waals surface area contributed by atoms with E-state index < -0.39 is 5.41 Å². The largest absolute Gasteiger partial charge is 0.379 e. The average Bonchev–Trinajstić information content (AvgIpc) is 3.44. The fraction of sp³-hybridized carbons (Fsp3) is 0.929. The number of rotatable bonds is 28. The van der Waals surface area contributed by atoms with Gasteiger partial charge in [-0.15, -0.1) is 0 Å². The van der Waals surface area contributed by atoms with Crippen LogP contribution in [0.2, 0.25) is 1.41 Å². The Balaban J connectivity index is 1.77. The van der Waals surface area contributed by atoms with Crippen LogP contribution in [0.3, 0.4) is 0 Å². The second-order valence-corrected chi connectivity index (χ2v) is 10.3. The summed E-state index contributed by atoms with van der Waals surface area (Å²) in [5, 5.41) is 0. The number of carbonyl (C=O) groups is 2. The number of hydrogen-bond donors (Lipinski definition) is 1. The van der Waals surface area contributed by atoms with Gasteiger partial charge < -0.3 is 48.5 Å². The molecule has 0 radical (unpaired) electrons. The lowest BCUT2D eigenvalue weighted by Crippen LogP contribution is -2.45. The van der Waals surface area contributed by atoms with Crippen LogP contribution in [0.5, 0.6) is 0 Å². The summed E-state index contributed by atoms with van der Waals surface area (Å²) in [5.41, 5.74) is 1.82. The van der Waals surface area contributed by atoms with Gasteiger partial charge in [0, 0.05) is 18.5 Å². The summed E-state index contributed by atoms with van der Waals surface area (Å²) in [6.45, 7) is 14.4. The fourth-order valence-corrected chi connectivity index (χ4v) is 3.85. The molecule has 0 unspecified atom stereocenters. The zero-order chi connectivity index (χ0) is 30.0. The minimum atomic E-state index is -0.445. The van der Waals surface area contributed by atoms with Crippen LogP contribution in [0.1, 0.15) is 40.0 Å². The molecule has 0 spiro atoms. The molecule has 2 N–H and O–H groups in total. The van der Waals surface area contributed by atoms with Crippen LogP contribution < -0.4 is 5.73 Å². The molecule has 40 heavy (non-hydrogen) atoms. The summed E-state index contributed by atoms with van der Waals surface area (Å²) in [7, 11) is 0. The Labute approximate surface area is 241 Å². The Bertz CT molecular complexity index is 654. The smallest absolute Gasteiger partial charge is 0.225 e. The molecule has 236 valence electrons. The van der Waals surface area contributed by atoms with E-state index in [0.717, 1.165) is 12.8 Å². The average molecular weight is 580 g/mol. The highest BCUT2D eigenvalue weighted by Crippen LogP contribution is 2.27. The van der Waals surface area contributed by atoms with Crippen LogP contribution in [0, 0.1) is 5.41 Å². The highest BCUT2D eigenvalue weighted by molar-refractivity contribution is 5.92. The van der Waals surface area contributed by atoms with Gasteiger partial charge in [-0.2, -0.15) is 0 Å². The molecule has 1 amide bonds. The van der Waals surface area contributed by atoms with Gasteiger partial charge in [0.2, 0.25) is 5.91 Å². The number of amides is 1. The summed E-state index contributed by atoms with van der Waals surface area (Å²) >= 11 is 0. The third kappa shape index (κ3) is 19.0. The molecule has 0 aliphatic carbocycles. The Kier molecular flexibility index (Phi) is 21.3. The number of carbonyl (C=O) groups excluding carboxylic acids is 2. The molecule has 1 fully saturated rings. The zero-order valence-corrected chi connectivity index (χ0v) is 25.0. The van der Waals surface area contributed by atoms with E-state index in [0.29, 0.717) is 119 Å². The van der Waals surface area contributed by atoms with Crippen LogP contribution in [0.4, 0.5) is 0 Å². The third-order valence-electron chi connectivity index (χ3n) is 5.93. The van der Waals surface area contributed by atoms with Crippen LogP contribution in [0.25, 0.3) is 0 Å². The molecule has 12 nitrogen and oxygen atoms in total. The number of hydrogen-bond acceptors (Lipinski definition) is 11. The number of Topliss-reactive ketones (excluding diaryl/α,β-unsaturated/α-hetero) is 1. The van der Waals surface area contributed by atoms with Crippen LogP contribution >= 0.6 is 0 Å². The summed E-state index contributed by atoms with van der Waals surface area (Å²) in [5.74, 6) is 0.110.